The van der Waals surface area contributed by atoms with Gasteiger partial charge in [0.25, 0.3) is 0 Å². The largest absolute Gasteiger partial charge is 0.289 e. The second-order valence-corrected chi connectivity index (χ2v) is 4.72. The molecule has 0 bridgehead atoms. The predicted molar refractivity (Wildman–Crippen MR) is 110 cm³/mol. The van der Waals surface area contributed by atoms with E-state index < -0.39 is 0 Å². The van der Waals surface area contributed by atoms with E-state index in [-0.39, 0.29) is 5.78 Å². The molecule has 0 N–H and O–H groups in total. The Morgan fingerprint density at radius 3 is 1.04 bits per heavy atom. The second-order valence-electron chi connectivity index (χ2n) is 4.72. The topological polar surface area (TPSA) is 17.1 Å². The van der Waals surface area contributed by atoms with E-state index in [0.717, 1.165) is 11.1 Å². The third-order valence-electron chi connectivity index (χ3n) is 3.01. The van der Waals surface area contributed by atoms with Crippen LogP contribution in [0.3, 0.4) is 0 Å². The van der Waals surface area contributed by atoms with Gasteiger partial charge in [0, 0.05) is 11.1 Å². The molecule has 0 atom stereocenters. The van der Waals surface area contributed by atoms with Crippen molar-refractivity contribution in [1.29, 1.82) is 0 Å². The van der Waals surface area contributed by atoms with Gasteiger partial charge >= 0.3 is 0 Å². The van der Waals surface area contributed by atoms with Crippen LogP contribution in [0.5, 0.6) is 0 Å². The Bertz CT molecular complexity index is 617. The molecule has 0 spiro atoms. The molecule has 1 nitrogen and oxygen atoms in total. The summed E-state index contributed by atoms with van der Waals surface area (Å²) in [4.78, 5) is 11.8. The van der Waals surface area contributed by atoms with Gasteiger partial charge in [0.05, 0.1) is 0 Å². The molecule has 0 aromatic heterocycles. The van der Waals surface area contributed by atoms with Crippen LogP contribution in [-0.2, 0) is 0 Å². The Labute approximate surface area is 153 Å². The summed E-state index contributed by atoms with van der Waals surface area (Å²) in [6.45, 7) is 10.1. The van der Waals surface area contributed by atoms with E-state index in [2.05, 4.69) is 19.1 Å². The molecular weight excluding hydrogens is 304 g/mol. The zero-order valence-corrected chi connectivity index (χ0v) is 16.1. The van der Waals surface area contributed by atoms with Crippen LogP contribution in [-0.4, -0.2) is 5.78 Å². The molecule has 0 aliphatic carbocycles. The molecular formula is C24H30O. The highest BCUT2D eigenvalue weighted by Gasteiger charge is 2.06. The van der Waals surface area contributed by atoms with Crippen LogP contribution in [0.25, 0.3) is 0 Å². The third-order valence-corrected chi connectivity index (χ3v) is 3.01. The van der Waals surface area contributed by atoms with Crippen LogP contribution in [0.15, 0.2) is 91.0 Å². The van der Waals surface area contributed by atoms with E-state index in [1.54, 1.807) is 0 Å². The molecule has 3 aromatic carbocycles. The van der Waals surface area contributed by atoms with Gasteiger partial charge in [-0.05, 0) is 6.92 Å². The Morgan fingerprint density at radius 2 is 0.800 bits per heavy atom. The van der Waals surface area contributed by atoms with E-state index in [1.807, 2.05) is 107 Å². The molecule has 0 aliphatic rings. The number of hydrogen-bond donors (Lipinski definition) is 0. The molecule has 0 amide bonds. The predicted octanol–water partition coefficient (Wildman–Crippen LogP) is 6.97. The Hall–Kier alpha value is -2.67. The molecule has 1 heteroatoms. The maximum atomic E-state index is 11.8. The third kappa shape index (κ3) is 9.26. The first-order valence-electron chi connectivity index (χ1n) is 8.94. The zero-order chi connectivity index (χ0) is 18.9. The summed E-state index contributed by atoms with van der Waals surface area (Å²) in [6.07, 6.45) is 0. The van der Waals surface area contributed by atoms with Crippen molar-refractivity contribution in [3.8, 4) is 0 Å². The summed E-state index contributed by atoms with van der Waals surface area (Å²) >= 11 is 0. The average Bonchev–Trinajstić information content (AvgIpc) is 2.73. The van der Waals surface area contributed by atoms with Crippen LogP contribution >= 0.6 is 0 Å². The minimum absolute atomic E-state index is 0.0752. The Balaban J connectivity index is 0.000000441. The molecule has 0 heterocycles. The first-order valence-corrected chi connectivity index (χ1v) is 8.94. The van der Waals surface area contributed by atoms with Crippen LogP contribution < -0.4 is 0 Å². The highest BCUT2D eigenvalue weighted by atomic mass is 16.1. The van der Waals surface area contributed by atoms with Gasteiger partial charge in [0.2, 0.25) is 0 Å². The summed E-state index contributed by atoms with van der Waals surface area (Å²) < 4.78 is 0. The summed E-state index contributed by atoms with van der Waals surface area (Å²) in [5.41, 5.74) is 2.79. The fraction of sp³-hybridized carbons (Fsp3) is 0.208. The van der Waals surface area contributed by atoms with Crippen LogP contribution in [0.4, 0.5) is 0 Å². The fourth-order valence-corrected chi connectivity index (χ4v) is 1.88. The zero-order valence-electron chi connectivity index (χ0n) is 16.1. The SMILES string of the molecule is CC.CC.Cc1ccccc1.O=C(c1ccccc1)c1ccccc1. The first-order chi connectivity index (χ1) is 12.3. The number of ketones is 1. The lowest BCUT2D eigenvalue weighted by Crippen LogP contribution is -1.99. The van der Waals surface area contributed by atoms with Gasteiger partial charge in [-0.2, -0.15) is 0 Å². The smallest absolute Gasteiger partial charge is 0.193 e. The van der Waals surface area contributed by atoms with Gasteiger partial charge in [-0.3, -0.25) is 4.79 Å². The van der Waals surface area contributed by atoms with Gasteiger partial charge in [-0.15, -0.1) is 0 Å². The maximum absolute atomic E-state index is 11.8. The monoisotopic (exact) mass is 334 g/mol. The minimum Gasteiger partial charge on any atom is -0.289 e. The number of carbonyl (C=O) groups is 1. The number of rotatable bonds is 2. The van der Waals surface area contributed by atoms with E-state index in [9.17, 15) is 4.79 Å². The lowest BCUT2D eigenvalue weighted by molar-refractivity contribution is 0.103. The molecule has 0 unspecified atom stereocenters. The van der Waals surface area contributed by atoms with Crippen molar-refractivity contribution in [2.24, 2.45) is 0 Å². The Morgan fingerprint density at radius 1 is 0.520 bits per heavy atom. The second kappa shape index (κ2) is 14.9. The quantitative estimate of drug-likeness (QED) is 0.463. The van der Waals surface area contributed by atoms with Crippen molar-refractivity contribution in [1.82, 2.24) is 0 Å². The van der Waals surface area contributed by atoms with Gasteiger partial charge in [0.15, 0.2) is 5.78 Å². The molecule has 0 saturated carbocycles. The molecule has 25 heavy (non-hydrogen) atoms. The average molecular weight is 335 g/mol. The van der Waals surface area contributed by atoms with Gasteiger partial charge in [-0.1, -0.05) is 124 Å². The van der Waals surface area contributed by atoms with Crippen LogP contribution in [0.1, 0.15) is 49.2 Å². The molecule has 0 radical (unpaired) electrons. The number of aryl methyl sites for hydroxylation is 1. The summed E-state index contributed by atoms with van der Waals surface area (Å²) in [5, 5.41) is 0. The van der Waals surface area contributed by atoms with Gasteiger partial charge in [-0.25, -0.2) is 0 Å². The highest BCUT2D eigenvalue weighted by Crippen LogP contribution is 2.08. The van der Waals surface area contributed by atoms with Gasteiger partial charge in [0.1, 0.15) is 0 Å². The van der Waals surface area contributed by atoms with Crippen molar-refractivity contribution in [2.45, 2.75) is 34.6 Å². The van der Waals surface area contributed by atoms with Gasteiger partial charge < -0.3 is 0 Å². The summed E-state index contributed by atoms with van der Waals surface area (Å²) in [5.74, 6) is 0.0752. The lowest BCUT2D eigenvalue weighted by atomic mass is 10.0. The normalized spacial score (nSPS) is 8.36. The summed E-state index contributed by atoms with van der Waals surface area (Å²) in [7, 11) is 0. The molecule has 0 aliphatic heterocycles. The summed E-state index contributed by atoms with van der Waals surface area (Å²) in [6, 6.07) is 28.9. The lowest BCUT2D eigenvalue weighted by Gasteiger charge is -1.99. The minimum atomic E-state index is 0.0752. The Kier molecular flexibility index (Phi) is 13.3. The van der Waals surface area contributed by atoms with E-state index in [1.165, 1.54) is 5.56 Å². The molecule has 0 saturated heterocycles. The van der Waals surface area contributed by atoms with Crippen molar-refractivity contribution >= 4 is 5.78 Å². The number of hydrogen-bond acceptors (Lipinski definition) is 1. The molecule has 0 fully saturated rings. The van der Waals surface area contributed by atoms with Crippen molar-refractivity contribution in [3.05, 3.63) is 108 Å². The van der Waals surface area contributed by atoms with E-state index >= 15 is 0 Å². The first kappa shape index (κ1) is 22.3. The highest BCUT2D eigenvalue weighted by molar-refractivity contribution is 6.08. The number of benzene rings is 3. The van der Waals surface area contributed by atoms with Crippen LogP contribution in [0.2, 0.25) is 0 Å². The van der Waals surface area contributed by atoms with Crippen molar-refractivity contribution < 1.29 is 4.79 Å². The fourth-order valence-electron chi connectivity index (χ4n) is 1.88. The standard InChI is InChI=1S/C13H10O.C7H8.2C2H6/c14-13(11-7-3-1-4-8-11)12-9-5-2-6-10-12;1-7-5-3-2-4-6-7;2*1-2/h1-10H;2-6H,1H3;2*1-2H3. The molecule has 3 rings (SSSR count). The van der Waals surface area contributed by atoms with Crippen molar-refractivity contribution in [3.63, 3.8) is 0 Å². The van der Waals surface area contributed by atoms with Crippen LogP contribution in [0, 0.1) is 6.92 Å². The van der Waals surface area contributed by atoms with E-state index in [0.29, 0.717) is 0 Å². The number of carbonyl (C=O) groups excluding carboxylic acids is 1. The van der Waals surface area contributed by atoms with Crippen molar-refractivity contribution in [2.75, 3.05) is 0 Å². The molecule has 3 aromatic rings. The maximum Gasteiger partial charge on any atom is 0.193 e. The molecule has 132 valence electrons. The van der Waals surface area contributed by atoms with E-state index in [4.69, 9.17) is 0 Å².